The molecule has 0 radical (unpaired) electrons. The molecule has 4 unspecified atom stereocenters. The van der Waals surface area contributed by atoms with Gasteiger partial charge in [0.1, 0.15) is 0 Å². The Morgan fingerprint density at radius 1 is 0.611 bits per heavy atom. The first-order valence-electron chi connectivity index (χ1n) is 13.8. The van der Waals surface area contributed by atoms with E-state index < -0.39 is 0 Å². The highest BCUT2D eigenvalue weighted by atomic mass is 16.3. The summed E-state index contributed by atoms with van der Waals surface area (Å²) in [7, 11) is 0. The van der Waals surface area contributed by atoms with Gasteiger partial charge in [0.05, 0.1) is 6.10 Å². The van der Waals surface area contributed by atoms with Crippen molar-refractivity contribution in [1.82, 2.24) is 16.0 Å². The monoisotopic (exact) mass is 509 g/mol. The molecule has 4 atom stereocenters. The van der Waals surface area contributed by atoms with Gasteiger partial charge in [-0.25, -0.2) is 0 Å². The van der Waals surface area contributed by atoms with Gasteiger partial charge in [-0.15, -0.1) is 0 Å². The molecule has 4 N–H and O–H groups in total. The van der Waals surface area contributed by atoms with E-state index in [1.165, 1.54) is 12.8 Å². The zero-order valence-electron chi connectivity index (χ0n) is 24.9. The number of carbonyl (C=O) groups excluding carboxylic acids is 3. The van der Waals surface area contributed by atoms with E-state index in [1.807, 2.05) is 62.3 Å². The lowest BCUT2D eigenvalue weighted by Crippen LogP contribution is -2.49. The molecule has 210 valence electrons. The van der Waals surface area contributed by atoms with Crippen LogP contribution in [0, 0.1) is 28.1 Å². The summed E-state index contributed by atoms with van der Waals surface area (Å²) in [6.07, 6.45) is 6.05. The van der Waals surface area contributed by atoms with E-state index in [4.69, 9.17) is 5.11 Å². The third kappa shape index (κ3) is 11.6. The van der Waals surface area contributed by atoms with Crippen LogP contribution in [0.3, 0.4) is 0 Å². The van der Waals surface area contributed by atoms with Crippen LogP contribution in [-0.4, -0.2) is 47.1 Å². The van der Waals surface area contributed by atoms with Crippen LogP contribution in [0.2, 0.25) is 0 Å². The molecule has 0 aliphatic heterocycles. The molecule has 0 aromatic carbocycles. The molecule has 0 heterocycles. The van der Waals surface area contributed by atoms with Crippen LogP contribution < -0.4 is 16.0 Å². The van der Waals surface area contributed by atoms with Crippen molar-refractivity contribution in [2.75, 3.05) is 0 Å². The topological polar surface area (TPSA) is 108 Å². The van der Waals surface area contributed by atoms with Gasteiger partial charge in [0.15, 0.2) is 0 Å². The highest BCUT2D eigenvalue weighted by Gasteiger charge is 2.36. The first-order chi connectivity index (χ1) is 16.2. The molecule has 0 spiro atoms. The summed E-state index contributed by atoms with van der Waals surface area (Å²) >= 11 is 0. The summed E-state index contributed by atoms with van der Waals surface area (Å²) in [4.78, 5) is 34.4. The summed E-state index contributed by atoms with van der Waals surface area (Å²) in [6.45, 7) is 21.7. The summed E-state index contributed by atoms with van der Waals surface area (Å²) in [5.74, 6) is 1.78. The van der Waals surface area contributed by atoms with Crippen molar-refractivity contribution < 1.29 is 19.5 Å². The van der Waals surface area contributed by atoms with Crippen molar-refractivity contribution >= 4 is 17.7 Å². The van der Waals surface area contributed by atoms with Gasteiger partial charge in [-0.2, -0.15) is 0 Å². The van der Waals surface area contributed by atoms with Gasteiger partial charge in [-0.1, -0.05) is 82.6 Å². The van der Waals surface area contributed by atoms with Gasteiger partial charge in [-0.05, 0) is 43.9 Å². The first-order valence-corrected chi connectivity index (χ1v) is 13.8. The number of rotatable bonds is 3. The lowest BCUT2D eigenvalue weighted by atomic mass is 9.87. The van der Waals surface area contributed by atoms with E-state index in [0.717, 1.165) is 12.8 Å². The Kier molecular flexibility index (Phi) is 11.5. The molecule has 3 saturated carbocycles. The summed E-state index contributed by atoms with van der Waals surface area (Å²) < 4.78 is 0. The maximum atomic E-state index is 11.7. The Morgan fingerprint density at radius 3 is 1.31 bits per heavy atom. The Hall–Kier alpha value is -1.63. The summed E-state index contributed by atoms with van der Waals surface area (Å²) in [5, 5.41) is 18.0. The Balaban J connectivity index is 0.000000271. The lowest BCUT2D eigenvalue weighted by molar-refractivity contribution is -0.131. The molecule has 3 aliphatic rings. The molecule has 0 bridgehead atoms. The second-order valence-corrected chi connectivity index (χ2v) is 14.3. The smallest absolute Gasteiger partial charge is 0.225 e. The van der Waals surface area contributed by atoms with Gasteiger partial charge < -0.3 is 21.1 Å². The molecule has 3 fully saturated rings. The summed E-state index contributed by atoms with van der Waals surface area (Å²) in [5.41, 5.74) is -0.800. The van der Waals surface area contributed by atoms with Crippen LogP contribution in [-0.2, 0) is 14.4 Å². The molecule has 0 saturated heterocycles. The molecule has 3 rings (SSSR count). The fourth-order valence-electron chi connectivity index (χ4n) is 3.76. The van der Waals surface area contributed by atoms with E-state index in [1.54, 1.807) is 0 Å². The molecular formula is C29H55N3O4. The molecule has 0 aromatic rings. The number of hydrogen-bond acceptors (Lipinski definition) is 4. The molecule has 36 heavy (non-hydrogen) atoms. The van der Waals surface area contributed by atoms with Crippen molar-refractivity contribution in [2.24, 2.45) is 28.1 Å². The largest absolute Gasteiger partial charge is 0.393 e. The third-order valence-corrected chi connectivity index (χ3v) is 7.10. The molecule has 3 amide bonds. The van der Waals surface area contributed by atoms with Crippen LogP contribution in [0.5, 0.6) is 0 Å². The van der Waals surface area contributed by atoms with Crippen LogP contribution in [0.4, 0.5) is 0 Å². The van der Waals surface area contributed by atoms with Gasteiger partial charge in [-0.3, -0.25) is 14.4 Å². The van der Waals surface area contributed by atoms with Crippen LogP contribution in [0.15, 0.2) is 0 Å². The number of hydrogen-bond donors (Lipinski definition) is 4. The maximum Gasteiger partial charge on any atom is 0.225 e. The van der Waals surface area contributed by atoms with Gasteiger partial charge in [0.25, 0.3) is 0 Å². The molecule has 7 nitrogen and oxygen atoms in total. The van der Waals surface area contributed by atoms with Crippen molar-refractivity contribution in [1.29, 1.82) is 0 Å². The van der Waals surface area contributed by atoms with E-state index in [-0.39, 0.29) is 46.1 Å². The lowest BCUT2D eigenvalue weighted by Gasteiger charge is -2.34. The number of aliphatic hydroxyl groups is 1. The fourth-order valence-corrected chi connectivity index (χ4v) is 3.76. The minimum absolute atomic E-state index is 0.0689. The number of carbonyl (C=O) groups is 3. The minimum atomic E-state index is -0.319. The highest BCUT2D eigenvalue weighted by molar-refractivity contribution is 5.82. The van der Waals surface area contributed by atoms with Crippen molar-refractivity contribution in [3.63, 3.8) is 0 Å². The van der Waals surface area contributed by atoms with E-state index in [9.17, 15) is 14.4 Å². The number of aliphatic hydroxyl groups excluding tert-OH is 1. The second kappa shape index (κ2) is 12.7. The zero-order chi connectivity index (χ0) is 28.1. The van der Waals surface area contributed by atoms with Gasteiger partial charge in [0.2, 0.25) is 17.7 Å². The standard InChI is InChI=1S/C11H21NO.C9H17NO2.C9H17NO/c1-8-6-5-7-9(8)12-10(13)11(2,3)4;1-9(2,3)8(12)10-6-4-7(11)5-6;1-6-5-7(6)10-8(11)9(2,3)4/h8-9H,5-7H2,1-4H3,(H,12,13);6-7,11H,4-5H2,1-3H3,(H,10,12);6-7H,5H2,1-4H3,(H,10,11). The SMILES string of the molecule is CC(C)(C)C(=O)NC1CC(O)C1.CC1CC1NC(=O)C(C)(C)C.CC1CCCC1NC(=O)C(C)(C)C. The van der Waals surface area contributed by atoms with Crippen molar-refractivity contribution in [3.8, 4) is 0 Å². The Labute approximate surface area is 220 Å². The van der Waals surface area contributed by atoms with Crippen LogP contribution in [0.25, 0.3) is 0 Å². The van der Waals surface area contributed by atoms with Gasteiger partial charge in [0, 0.05) is 34.4 Å². The van der Waals surface area contributed by atoms with E-state index in [2.05, 4.69) is 29.8 Å². The van der Waals surface area contributed by atoms with Crippen molar-refractivity contribution in [3.05, 3.63) is 0 Å². The van der Waals surface area contributed by atoms with E-state index >= 15 is 0 Å². The maximum absolute atomic E-state index is 11.7. The second-order valence-electron chi connectivity index (χ2n) is 14.3. The quantitative estimate of drug-likeness (QED) is 0.447. The average molecular weight is 510 g/mol. The van der Waals surface area contributed by atoms with E-state index in [0.29, 0.717) is 36.8 Å². The zero-order valence-corrected chi connectivity index (χ0v) is 24.9. The first kappa shape index (κ1) is 32.4. The third-order valence-electron chi connectivity index (χ3n) is 7.10. The fraction of sp³-hybridized carbons (Fsp3) is 0.897. The average Bonchev–Trinajstić information content (AvgIpc) is 3.23. The molecule has 0 aromatic heterocycles. The predicted octanol–water partition coefficient (Wildman–Crippen LogP) is 4.57. The van der Waals surface area contributed by atoms with Crippen LogP contribution >= 0.6 is 0 Å². The molecular weight excluding hydrogens is 454 g/mol. The van der Waals surface area contributed by atoms with Crippen molar-refractivity contribution in [2.45, 2.75) is 139 Å². The van der Waals surface area contributed by atoms with Gasteiger partial charge >= 0.3 is 0 Å². The summed E-state index contributed by atoms with van der Waals surface area (Å²) in [6, 6.07) is 1.08. The predicted molar refractivity (Wildman–Crippen MR) is 146 cm³/mol. The highest BCUT2D eigenvalue weighted by Crippen LogP contribution is 2.30. The number of amides is 3. The Morgan fingerprint density at radius 2 is 1.00 bits per heavy atom. The Bertz CT molecular complexity index is 739. The van der Waals surface area contributed by atoms with Crippen LogP contribution in [0.1, 0.15) is 115 Å². The normalized spacial score (nSPS) is 29.3. The molecule has 7 heteroatoms. The number of nitrogens with one attached hydrogen (secondary N) is 3. The molecule has 3 aliphatic carbocycles. The minimum Gasteiger partial charge on any atom is -0.393 e.